The Morgan fingerprint density at radius 1 is 1.00 bits per heavy atom. The number of fused-ring (bicyclic) bond motifs is 2. The number of ether oxygens (including phenoxy) is 1. The molecule has 11 heteroatoms. The summed E-state index contributed by atoms with van der Waals surface area (Å²) in [6.45, 7) is 6.65. The van der Waals surface area contributed by atoms with Crippen LogP contribution in [0.4, 0.5) is 9.59 Å². The second-order valence-corrected chi connectivity index (χ2v) is 10.2. The molecular weight excluding hydrogens is 454 g/mol. The number of hydroxylamine groups is 2. The van der Waals surface area contributed by atoms with Gasteiger partial charge in [-0.05, 0) is 45.6 Å². The summed E-state index contributed by atoms with van der Waals surface area (Å²) >= 11 is 0. The van der Waals surface area contributed by atoms with Gasteiger partial charge in [-0.2, -0.15) is 5.06 Å². The maximum Gasteiger partial charge on any atom is 0.410 e. The van der Waals surface area contributed by atoms with E-state index in [-0.39, 0.29) is 31.1 Å². The van der Waals surface area contributed by atoms with Crippen LogP contribution in [0.5, 0.6) is 0 Å². The Hall–Kier alpha value is -3.34. The van der Waals surface area contributed by atoms with Gasteiger partial charge in [-0.1, -0.05) is 30.3 Å². The number of benzene rings is 1. The van der Waals surface area contributed by atoms with Crippen molar-refractivity contribution < 1.29 is 28.8 Å². The summed E-state index contributed by atoms with van der Waals surface area (Å²) < 4.78 is 5.35. The summed E-state index contributed by atoms with van der Waals surface area (Å²) in [7, 11) is 0. The van der Waals surface area contributed by atoms with Crippen LogP contribution < -0.4 is 10.9 Å². The summed E-state index contributed by atoms with van der Waals surface area (Å²) in [4.78, 5) is 59.2. The van der Waals surface area contributed by atoms with Crippen LogP contribution >= 0.6 is 0 Å². The van der Waals surface area contributed by atoms with Crippen molar-refractivity contribution in [2.24, 2.45) is 5.92 Å². The predicted octanol–water partition coefficient (Wildman–Crippen LogP) is 1.79. The van der Waals surface area contributed by atoms with Crippen molar-refractivity contribution in [2.75, 3.05) is 19.6 Å². The highest BCUT2D eigenvalue weighted by molar-refractivity contribution is 5.90. The molecule has 0 radical (unpaired) electrons. The number of nitrogens with one attached hydrogen (secondary N) is 2. The smallest absolute Gasteiger partial charge is 0.410 e. The lowest BCUT2D eigenvalue weighted by molar-refractivity contribution is -0.140. The first kappa shape index (κ1) is 24.8. The van der Waals surface area contributed by atoms with E-state index in [1.807, 2.05) is 30.3 Å². The SMILES string of the molecule is CC(C)(C)OC(=O)N1CCC(C(=O)NNC(=O)[C@@H]2CC[C@@H]3CN2C(=O)N3OCc2ccccc2)C1. The predicted molar refractivity (Wildman–Crippen MR) is 124 cm³/mol. The first-order valence-corrected chi connectivity index (χ1v) is 12.0. The number of amides is 5. The largest absolute Gasteiger partial charge is 0.444 e. The first-order valence-electron chi connectivity index (χ1n) is 12.0. The molecule has 3 aliphatic heterocycles. The molecule has 3 saturated heterocycles. The number of hydrazine groups is 1. The number of urea groups is 1. The van der Waals surface area contributed by atoms with E-state index in [0.29, 0.717) is 32.4 Å². The molecule has 1 aromatic carbocycles. The normalized spacial score (nSPS) is 23.9. The van der Waals surface area contributed by atoms with Crippen molar-refractivity contribution in [3.05, 3.63) is 35.9 Å². The van der Waals surface area contributed by atoms with E-state index in [9.17, 15) is 19.2 Å². The fourth-order valence-electron chi connectivity index (χ4n) is 4.56. The van der Waals surface area contributed by atoms with E-state index in [1.54, 1.807) is 20.8 Å². The van der Waals surface area contributed by atoms with Crippen LogP contribution in [0, 0.1) is 5.92 Å². The summed E-state index contributed by atoms with van der Waals surface area (Å²) in [5.74, 6) is -1.27. The Bertz CT molecular complexity index is 965. The Kier molecular flexibility index (Phi) is 7.15. The van der Waals surface area contributed by atoms with Gasteiger partial charge in [0.25, 0.3) is 5.91 Å². The van der Waals surface area contributed by atoms with Crippen molar-refractivity contribution in [3.8, 4) is 0 Å². The topological polar surface area (TPSA) is 121 Å². The molecule has 11 nitrogen and oxygen atoms in total. The lowest BCUT2D eigenvalue weighted by atomic mass is 10.0. The average molecular weight is 488 g/mol. The van der Waals surface area contributed by atoms with Crippen molar-refractivity contribution in [1.82, 2.24) is 25.7 Å². The van der Waals surface area contributed by atoms with Crippen LogP contribution in [0.25, 0.3) is 0 Å². The van der Waals surface area contributed by atoms with Gasteiger partial charge < -0.3 is 14.5 Å². The highest BCUT2D eigenvalue weighted by atomic mass is 16.7. The number of rotatable bonds is 5. The van der Waals surface area contributed by atoms with Gasteiger partial charge in [-0.15, -0.1) is 0 Å². The van der Waals surface area contributed by atoms with E-state index in [1.165, 1.54) is 14.9 Å². The molecule has 1 aromatic rings. The molecule has 3 heterocycles. The molecule has 0 aliphatic carbocycles. The molecule has 35 heavy (non-hydrogen) atoms. The van der Waals surface area contributed by atoms with E-state index < -0.39 is 29.6 Å². The molecule has 2 bridgehead atoms. The van der Waals surface area contributed by atoms with Crippen molar-refractivity contribution in [2.45, 2.75) is 64.3 Å². The van der Waals surface area contributed by atoms with Crippen LogP contribution in [-0.2, 0) is 25.8 Å². The number of piperidine rings is 1. The van der Waals surface area contributed by atoms with Gasteiger partial charge in [0.05, 0.1) is 12.0 Å². The second kappa shape index (κ2) is 10.1. The lowest BCUT2D eigenvalue weighted by Gasteiger charge is -2.29. The van der Waals surface area contributed by atoms with Crippen LogP contribution in [0.15, 0.2) is 30.3 Å². The molecule has 190 valence electrons. The first-order chi connectivity index (χ1) is 16.6. The second-order valence-electron chi connectivity index (χ2n) is 10.2. The van der Waals surface area contributed by atoms with E-state index in [0.717, 1.165) is 5.56 Å². The molecule has 5 amide bonds. The van der Waals surface area contributed by atoms with Gasteiger partial charge in [-0.25, -0.2) is 9.59 Å². The molecule has 1 unspecified atom stereocenters. The van der Waals surface area contributed by atoms with Crippen molar-refractivity contribution in [3.63, 3.8) is 0 Å². The van der Waals surface area contributed by atoms with E-state index in [4.69, 9.17) is 9.57 Å². The summed E-state index contributed by atoms with van der Waals surface area (Å²) in [6.07, 6.45) is 1.11. The molecule has 3 atom stereocenters. The minimum absolute atomic E-state index is 0.109. The Morgan fingerprint density at radius 3 is 2.43 bits per heavy atom. The minimum atomic E-state index is -0.689. The van der Waals surface area contributed by atoms with E-state index >= 15 is 0 Å². The van der Waals surface area contributed by atoms with E-state index in [2.05, 4.69) is 10.9 Å². The van der Waals surface area contributed by atoms with Crippen molar-refractivity contribution >= 4 is 23.9 Å². The monoisotopic (exact) mass is 487 g/mol. The minimum Gasteiger partial charge on any atom is -0.444 e. The highest BCUT2D eigenvalue weighted by Crippen LogP contribution is 2.30. The zero-order chi connectivity index (χ0) is 25.2. The summed E-state index contributed by atoms with van der Waals surface area (Å²) in [5.41, 5.74) is 5.26. The number of carbonyl (C=O) groups excluding carboxylic acids is 4. The standard InChI is InChI=1S/C24H33N5O6/c1-24(2,3)35-23(33)27-12-11-17(13-27)20(30)25-26-21(31)19-10-9-18-14-28(19)22(32)29(18)34-15-16-7-5-4-6-8-16/h4-8,17-19H,9-15H2,1-3H3,(H,25,30)(H,26,31)/t17?,18-,19+/m1/s1. The Balaban J connectivity index is 1.24. The fraction of sp³-hybridized carbons (Fsp3) is 0.583. The average Bonchev–Trinajstić information content (AvgIpc) is 3.40. The third-order valence-corrected chi connectivity index (χ3v) is 6.36. The van der Waals surface area contributed by atoms with Gasteiger partial charge in [0.2, 0.25) is 5.91 Å². The number of hydrogen-bond acceptors (Lipinski definition) is 6. The molecular formula is C24H33N5O6. The van der Waals surface area contributed by atoms with Crippen LogP contribution in [0.1, 0.15) is 45.6 Å². The van der Waals surface area contributed by atoms with Crippen LogP contribution in [0.3, 0.4) is 0 Å². The summed E-state index contributed by atoms with van der Waals surface area (Å²) in [6, 6.07) is 8.41. The Labute approximate surface area is 204 Å². The molecule has 0 spiro atoms. The quantitative estimate of drug-likeness (QED) is 0.611. The molecule has 2 N–H and O–H groups in total. The Morgan fingerprint density at radius 2 is 1.71 bits per heavy atom. The number of hydrogen-bond donors (Lipinski definition) is 2. The summed E-state index contributed by atoms with van der Waals surface area (Å²) in [5, 5.41) is 1.36. The zero-order valence-corrected chi connectivity index (χ0v) is 20.4. The highest BCUT2D eigenvalue weighted by Gasteiger charge is 2.48. The number of nitrogens with zero attached hydrogens (tertiary/aromatic N) is 3. The van der Waals surface area contributed by atoms with Gasteiger partial charge in [0.15, 0.2) is 0 Å². The number of likely N-dealkylation sites (tertiary alicyclic amines) is 1. The van der Waals surface area contributed by atoms with Gasteiger partial charge in [-0.3, -0.25) is 25.3 Å². The van der Waals surface area contributed by atoms with Gasteiger partial charge in [0.1, 0.15) is 18.2 Å². The molecule has 3 aliphatic rings. The maximum absolute atomic E-state index is 12.9. The lowest BCUT2D eigenvalue weighted by Crippen LogP contribution is -2.55. The van der Waals surface area contributed by atoms with Crippen molar-refractivity contribution in [1.29, 1.82) is 0 Å². The molecule has 0 aromatic heterocycles. The molecule has 0 saturated carbocycles. The molecule has 4 rings (SSSR count). The fourth-order valence-corrected chi connectivity index (χ4v) is 4.56. The molecule has 3 fully saturated rings. The third kappa shape index (κ3) is 5.84. The maximum atomic E-state index is 12.9. The van der Waals surface area contributed by atoms with Gasteiger partial charge in [0, 0.05) is 19.6 Å². The van der Waals surface area contributed by atoms with Gasteiger partial charge >= 0.3 is 12.1 Å². The van der Waals surface area contributed by atoms with Crippen LogP contribution in [-0.4, -0.2) is 76.1 Å². The number of carbonyl (C=O) groups is 4. The third-order valence-electron chi connectivity index (χ3n) is 6.36. The zero-order valence-electron chi connectivity index (χ0n) is 20.4. The van der Waals surface area contributed by atoms with Crippen LogP contribution in [0.2, 0.25) is 0 Å².